The van der Waals surface area contributed by atoms with E-state index in [0.717, 1.165) is 6.42 Å². The molecule has 0 radical (unpaired) electrons. The first-order valence-corrected chi connectivity index (χ1v) is 11.4. The van der Waals surface area contributed by atoms with Crippen LogP contribution in [0.15, 0.2) is 36.4 Å². The number of amides is 2. The largest absolute Gasteiger partial charge is 0.490 e. The summed E-state index contributed by atoms with van der Waals surface area (Å²) in [6.07, 6.45) is 1.13. The van der Waals surface area contributed by atoms with Gasteiger partial charge in [-0.25, -0.2) is 0 Å². The summed E-state index contributed by atoms with van der Waals surface area (Å²) < 4.78 is 10.6. The van der Waals surface area contributed by atoms with Crippen molar-refractivity contribution >= 4 is 40.7 Å². The zero-order valence-electron chi connectivity index (χ0n) is 19.2. The number of nitro groups is 1. The van der Waals surface area contributed by atoms with Gasteiger partial charge in [0.25, 0.3) is 5.91 Å². The quantitative estimate of drug-likeness (QED) is 0.328. The van der Waals surface area contributed by atoms with Crippen LogP contribution in [0.1, 0.15) is 32.3 Å². The van der Waals surface area contributed by atoms with Crippen LogP contribution in [-0.2, 0) is 16.1 Å². The van der Waals surface area contributed by atoms with Crippen molar-refractivity contribution in [1.29, 1.82) is 0 Å². The molecule has 0 aliphatic carbocycles. The molecule has 1 atom stereocenters. The predicted molar refractivity (Wildman–Crippen MR) is 130 cm³/mol. The third-order valence-corrected chi connectivity index (χ3v) is 5.59. The average molecular weight is 512 g/mol. The number of hydrogen-bond acceptors (Lipinski definition) is 6. The molecule has 0 aliphatic heterocycles. The molecule has 0 saturated heterocycles. The molecule has 0 aromatic heterocycles. The van der Waals surface area contributed by atoms with Crippen molar-refractivity contribution in [1.82, 2.24) is 10.2 Å². The standard InChI is InChI=1S/C23H27Cl2N3O6/c1-4-10-26-23(30)19(5-2)27(13-15-6-7-16(24)11-18(15)25)22(29)14-34-17-8-9-20(28(31)32)21(12-17)33-3/h6-9,11-12,19H,4-5,10,13-14H2,1-3H3,(H,26,30)/t19-/m1/s1. The Labute approximate surface area is 208 Å². The number of nitrogens with zero attached hydrogens (tertiary/aromatic N) is 2. The molecule has 2 amide bonds. The van der Waals surface area contributed by atoms with Crippen LogP contribution in [0, 0.1) is 10.1 Å². The van der Waals surface area contributed by atoms with Crippen LogP contribution in [0.25, 0.3) is 0 Å². The molecule has 0 heterocycles. The molecule has 0 saturated carbocycles. The maximum atomic E-state index is 13.2. The molecule has 2 aromatic carbocycles. The first-order valence-electron chi connectivity index (χ1n) is 10.7. The van der Waals surface area contributed by atoms with Crippen molar-refractivity contribution < 1.29 is 24.0 Å². The summed E-state index contributed by atoms with van der Waals surface area (Å²) in [4.78, 5) is 37.9. The second-order valence-electron chi connectivity index (χ2n) is 7.35. The maximum Gasteiger partial charge on any atom is 0.311 e. The van der Waals surface area contributed by atoms with E-state index in [9.17, 15) is 19.7 Å². The molecule has 1 N–H and O–H groups in total. The fraction of sp³-hybridized carbons (Fsp3) is 0.391. The molecule has 34 heavy (non-hydrogen) atoms. The zero-order valence-corrected chi connectivity index (χ0v) is 20.7. The van der Waals surface area contributed by atoms with Gasteiger partial charge in [-0.1, -0.05) is 43.1 Å². The lowest BCUT2D eigenvalue weighted by molar-refractivity contribution is -0.385. The smallest absolute Gasteiger partial charge is 0.311 e. The van der Waals surface area contributed by atoms with Crippen molar-refractivity contribution in [2.24, 2.45) is 0 Å². The fourth-order valence-corrected chi connectivity index (χ4v) is 3.71. The van der Waals surface area contributed by atoms with E-state index in [1.165, 1.54) is 30.2 Å². The van der Waals surface area contributed by atoms with Gasteiger partial charge in [0.1, 0.15) is 11.8 Å². The molecular weight excluding hydrogens is 485 g/mol. The van der Waals surface area contributed by atoms with Gasteiger partial charge >= 0.3 is 5.69 Å². The first kappa shape index (κ1) is 27.2. The minimum atomic E-state index is -0.749. The highest BCUT2D eigenvalue weighted by Gasteiger charge is 2.29. The molecule has 2 rings (SSSR count). The SMILES string of the molecule is CCCNC(=O)[C@@H](CC)N(Cc1ccc(Cl)cc1Cl)C(=O)COc1ccc([N+](=O)[O-])c(OC)c1. The van der Waals surface area contributed by atoms with Gasteiger partial charge in [0, 0.05) is 35.3 Å². The summed E-state index contributed by atoms with van der Waals surface area (Å²) >= 11 is 12.3. The van der Waals surface area contributed by atoms with Crippen LogP contribution in [0.5, 0.6) is 11.5 Å². The average Bonchev–Trinajstić information content (AvgIpc) is 2.81. The third kappa shape index (κ3) is 7.23. The van der Waals surface area contributed by atoms with E-state index in [0.29, 0.717) is 28.6 Å². The van der Waals surface area contributed by atoms with Gasteiger partial charge in [-0.15, -0.1) is 0 Å². The first-order chi connectivity index (χ1) is 16.2. The number of nitrogens with one attached hydrogen (secondary N) is 1. The Balaban J connectivity index is 2.27. The van der Waals surface area contributed by atoms with Crippen LogP contribution in [0.4, 0.5) is 5.69 Å². The van der Waals surface area contributed by atoms with Gasteiger partial charge in [-0.2, -0.15) is 0 Å². The van der Waals surface area contributed by atoms with E-state index >= 15 is 0 Å². The van der Waals surface area contributed by atoms with Crippen LogP contribution in [0.2, 0.25) is 10.0 Å². The van der Waals surface area contributed by atoms with Crippen molar-refractivity contribution in [3.8, 4) is 11.5 Å². The van der Waals surface area contributed by atoms with E-state index in [1.807, 2.05) is 13.8 Å². The maximum absolute atomic E-state index is 13.2. The van der Waals surface area contributed by atoms with Crippen LogP contribution in [-0.4, -0.2) is 47.9 Å². The Morgan fingerprint density at radius 1 is 1.18 bits per heavy atom. The van der Waals surface area contributed by atoms with Crippen LogP contribution in [0.3, 0.4) is 0 Å². The van der Waals surface area contributed by atoms with Gasteiger partial charge in [-0.3, -0.25) is 19.7 Å². The number of hydrogen-bond donors (Lipinski definition) is 1. The Morgan fingerprint density at radius 3 is 2.50 bits per heavy atom. The Kier molecular flexibility index (Phi) is 10.4. The predicted octanol–water partition coefficient (Wildman–Crippen LogP) is 4.62. The number of methoxy groups -OCH3 is 1. The second kappa shape index (κ2) is 13.0. The zero-order chi connectivity index (χ0) is 25.3. The van der Waals surface area contributed by atoms with Gasteiger partial charge in [0.05, 0.1) is 12.0 Å². The van der Waals surface area contributed by atoms with Crippen molar-refractivity contribution in [3.05, 3.63) is 62.1 Å². The molecule has 2 aromatic rings. The lowest BCUT2D eigenvalue weighted by Gasteiger charge is -2.31. The van der Waals surface area contributed by atoms with Crippen LogP contribution >= 0.6 is 23.2 Å². The fourth-order valence-electron chi connectivity index (χ4n) is 3.25. The number of rotatable bonds is 12. The molecule has 0 unspecified atom stereocenters. The van der Waals surface area contributed by atoms with Crippen molar-refractivity contribution in [3.63, 3.8) is 0 Å². The van der Waals surface area contributed by atoms with E-state index in [1.54, 1.807) is 18.2 Å². The number of carbonyl (C=O) groups is 2. The van der Waals surface area contributed by atoms with E-state index in [-0.39, 0.29) is 29.6 Å². The van der Waals surface area contributed by atoms with Gasteiger partial charge in [-0.05, 0) is 36.6 Å². The Hall–Kier alpha value is -3.04. The molecule has 11 heteroatoms. The number of ether oxygens (including phenoxy) is 2. The van der Waals surface area contributed by atoms with E-state index < -0.39 is 23.5 Å². The summed E-state index contributed by atoms with van der Waals surface area (Å²) in [5.41, 5.74) is 0.400. The number of carbonyl (C=O) groups excluding carboxylic acids is 2. The van der Waals surface area contributed by atoms with Crippen LogP contribution < -0.4 is 14.8 Å². The summed E-state index contributed by atoms with van der Waals surface area (Å²) in [6.45, 7) is 3.90. The summed E-state index contributed by atoms with van der Waals surface area (Å²) in [5, 5.41) is 14.7. The molecule has 9 nitrogen and oxygen atoms in total. The summed E-state index contributed by atoms with van der Waals surface area (Å²) in [6, 6.07) is 8.11. The van der Waals surface area contributed by atoms with Gasteiger partial charge in [0.2, 0.25) is 11.7 Å². The lowest BCUT2D eigenvalue weighted by atomic mass is 10.1. The molecule has 184 valence electrons. The lowest BCUT2D eigenvalue weighted by Crippen LogP contribution is -2.50. The normalized spacial score (nSPS) is 11.4. The van der Waals surface area contributed by atoms with Crippen molar-refractivity contribution in [2.45, 2.75) is 39.3 Å². The third-order valence-electron chi connectivity index (χ3n) is 5.00. The monoisotopic (exact) mass is 511 g/mol. The number of halogens is 2. The van der Waals surface area contributed by atoms with E-state index in [2.05, 4.69) is 5.32 Å². The molecule has 0 spiro atoms. The molecule has 0 aliphatic rings. The highest BCUT2D eigenvalue weighted by molar-refractivity contribution is 6.35. The topological polar surface area (TPSA) is 111 Å². The van der Waals surface area contributed by atoms with Gasteiger partial charge < -0.3 is 19.7 Å². The minimum Gasteiger partial charge on any atom is -0.490 e. The van der Waals surface area contributed by atoms with Gasteiger partial charge in [0.15, 0.2) is 6.61 Å². The molecule has 0 bridgehead atoms. The highest BCUT2D eigenvalue weighted by Crippen LogP contribution is 2.31. The molecular formula is C23H27Cl2N3O6. The number of benzene rings is 2. The summed E-state index contributed by atoms with van der Waals surface area (Å²) in [7, 11) is 1.30. The second-order valence-corrected chi connectivity index (χ2v) is 8.20. The van der Waals surface area contributed by atoms with Crippen molar-refractivity contribution in [2.75, 3.05) is 20.3 Å². The minimum absolute atomic E-state index is 0.00475. The molecule has 0 fully saturated rings. The Bertz CT molecular complexity index is 1030. The van der Waals surface area contributed by atoms with E-state index in [4.69, 9.17) is 32.7 Å². The highest BCUT2D eigenvalue weighted by atomic mass is 35.5. The number of nitro benzene ring substituents is 1. The Morgan fingerprint density at radius 2 is 1.91 bits per heavy atom. The summed E-state index contributed by atoms with van der Waals surface area (Å²) in [5.74, 6) is -0.518.